The monoisotopic (exact) mass is 186 g/mol. The maximum atomic E-state index is 5.45. The molecular weight excluding hydrogens is 172 g/mol. The molecule has 0 saturated heterocycles. The van der Waals surface area contributed by atoms with Crippen LogP contribution >= 0.6 is 11.8 Å². The van der Waals surface area contributed by atoms with E-state index in [1.165, 1.54) is 0 Å². The molecule has 0 unspecified atom stereocenters. The predicted octanol–water partition coefficient (Wildman–Crippen LogP) is 0.521. The molecule has 0 aliphatic heterocycles. The molecule has 2 N–H and O–H groups in total. The van der Waals surface area contributed by atoms with Crippen LogP contribution in [0.25, 0.3) is 0 Å². The molecule has 0 aliphatic rings. The first-order chi connectivity index (χ1) is 5.83. The lowest BCUT2D eigenvalue weighted by molar-refractivity contribution is 0.640. The molecule has 0 fully saturated rings. The van der Waals surface area contributed by atoms with Gasteiger partial charge < -0.3 is 10.3 Å². The van der Waals surface area contributed by atoms with Gasteiger partial charge in [0.1, 0.15) is 5.82 Å². The molecule has 0 spiro atoms. The Morgan fingerprint density at radius 3 is 2.75 bits per heavy atom. The van der Waals surface area contributed by atoms with Gasteiger partial charge in [0.05, 0.1) is 0 Å². The van der Waals surface area contributed by atoms with Gasteiger partial charge in [-0.05, 0) is 19.7 Å². The van der Waals surface area contributed by atoms with Crippen LogP contribution in [-0.2, 0) is 13.0 Å². The van der Waals surface area contributed by atoms with E-state index in [1.807, 2.05) is 6.26 Å². The molecule has 0 aromatic carbocycles. The van der Waals surface area contributed by atoms with Gasteiger partial charge in [-0.2, -0.15) is 0 Å². The van der Waals surface area contributed by atoms with Gasteiger partial charge in [-0.1, -0.05) is 11.8 Å². The van der Waals surface area contributed by atoms with Gasteiger partial charge in [0.2, 0.25) is 0 Å². The van der Waals surface area contributed by atoms with Gasteiger partial charge >= 0.3 is 0 Å². The molecule has 12 heavy (non-hydrogen) atoms. The van der Waals surface area contributed by atoms with Crippen LogP contribution in [0.4, 0.5) is 0 Å². The van der Waals surface area contributed by atoms with Crippen LogP contribution in [0.1, 0.15) is 12.7 Å². The third kappa shape index (κ3) is 1.78. The summed E-state index contributed by atoms with van der Waals surface area (Å²) in [6.07, 6.45) is 2.81. The van der Waals surface area contributed by atoms with E-state index in [-0.39, 0.29) is 0 Å². The Labute approximate surface area is 76.5 Å². The molecule has 0 saturated carbocycles. The van der Waals surface area contributed by atoms with Crippen molar-refractivity contribution < 1.29 is 0 Å². The first-order valence-electron chi connectivity index (χ1n) is 3.99. The summed E-state index contributed by atoms with van der Waals surface area (Å²) in [4.78, 5) is 0. The van der Waals surface area contributed by atoms with Crippen LogP contribution in [0, 0.1) is 0 Å². The number of nitrogens with zero attached hydrogens (tertiary/aromatic N) is 3. The lowest BCUT2D eigenvalue weighted by atomic mass is 10.4. The van der Waals surface area contributed by atoms with Gasteiger partial charge in [-0.3, -0.25) is 0 Å². The molecule has 1 rings (SSSR count). The Balaban J connectivity index is 2.88. The highest BCUT2D eigenvalue weighted by molar-refractivity contribution is 7.98. The quantitative estimate of drug-likeness (QED) is 0.697. The topological polar surface area (TPSA) is 56.7 Å². The highest BCUT2D eigenvalue weighted by Gasteiger charge is 2.07. The van der Waals surface area contributed by atoms with Crippen LogP contribution in [0.2, 0.25) is 0 Å². The van der Waals surface area contributed by atoms with E-state index in [4.69, 9.17) is 5.73 Å². The minimum atomic E-state index is 0.631. The summed E-state index contributed by atoms with van der Waals surface area (Å²) < 4.78 is 2.09. The molecule has 0 atom stereocenters. The Hall–Kier alpha value is -0.550. The van der Waals surface area contributed by atoms with Gasteiger partial charge in [0.25, 0.3) is 0 Å². The predicted molar refractivity (Wildman–Crippen MR) is 50.2 cm³/mol. The zero-order chi connectivity index (χ0) is 8.97. The molecular formula is C7H14N4S. The van der Waals surface area contributed by atoms with E-state index in [1.54, 1.807) is 11.8 Å². The summed E-state index contributed by atoms with van der Waals surface area (Å²) in [6, 6.07) is 0. The van der Waals surface area contributed by atoms with Crippen LogP contribution in [0.5, 0.6) is 0 Å². The van der Waals surface area contributed by atoms with Crippen molar-refractivity contribution in [3.05, 3.63) is 5.82 Å². The van der Waals surface area contributed by atoms with Gasteiger partial charge in [-0.15, -0.1) is 10.2 Å². The van der Waals surface area contributed by atoms with Crippen molar-refractivity contribution in [2.24, 2.45) is 5.73 Å². The third-order valence-corrected chi connectivity index (χ3v) is 2.33. The van der Waals surface area contributed by atoms with Crippen LogP contribution in [-0.4, -0.2) is 27.6 Å². The first-order valence-corrected chi connectivity index (χ1v) is 5.22. The number of nitrogens with two attached hydrogens (primary N) is 1. The Morgan fingerprint density at radius 2 is 2.25 bits per heavy atom. The Morgan fingerprint density at radius 1 is 1.50 bits per heavy atom. The summed E-state index contributed by atoms with van der Waals surface area (Å²) in [7, 11) is 0. The largest absolute Gasteiger partial charge is 0.330 e. The number of hydrogen-bond acceptors (Lipinski definition) is 4. The van der Waals surface area contributed by atoms with E-state index in [0.29, 0.717) is 6.54 Å². The van der Waals surface area contributed by atoms with Crippen molar-refractivity contribution in [2.75, 3.05) is 12.8 Å². The lowest BCUT2D eigenvalue weighted by Crippen LogP contribution is -2.09. The fraction of sp³-hybridized carbons (Fsp3) is 0.714. The van der Waals surface area contributed by atoms with Gasteiger partial charge in [0, 0.05) is 13.0 Å². The summed E-state index contributed by atoms with van der Waals surface area (Å²) >= 11 is 1.62. The van der Waals surface area contributed by atoms with Crippen LogP contribution in [0.15, 0.2) is 5.16 Å². The number of rotatable bonds is 4. The summed E-state index contributed by atoms with van der Waals surface area (Å²) in [5.74, 6) is 0.990. The maximum Gasteiger partial charge on any atom is 0.190 e. The summed E-state index contributed by atoms with van der Waals surface area (Å²) in [5.41, 5.74) is 5.45. The summed E-state index contributed by atoms with van der Waals surface area (Å²) in [6.45, 7) is 3.63. The molecule has 1 aromatic rings. The molecule has 0 amide bonds. The van der Waals surface area contributed by atoms with Crippen molar-refractivity contribution in [2.45, 2.75) is 25.0 Å². The van der Waals surface area contributed by atoms with Crippen LogP contribution in [0.3, 0.4) is 0 Å². The maximum absolute atomic E-state index is 5.45. The standard InChI is InChI=1S/C7H14N4S/c1-3-11-6(4-5-8)9-10-7(11)12-2/h3-5,8H2,1-2H3. The van der Waals surface area contributed by atoms with Crippen molar-refractivity contribution in [3.63, 3.8) is 0 Å². The van der Waals surface area contributed by atoms with Crippen LogP contribution < -0.4 is 5.73 Å². The van der Waals surface area contributed by atoms with E-state index in [0.717, 1.165) is 23.9 Å². The highest BCUT2D eigenvalue weighted by Crippen LogP contribution is 2.13. The average molecular weight is 186 g/mol. The van der Waals surface area contributed by atoms with Gasteiger partial charge in [0.15, 0.2) is 5.16 Å². The molecule has 0 aliphatic carbocycles. The smallest absolute Gasteiger partial charge is 0.190 e. The van der Waals surface area contributed by atoms with Crippen molar-refractivity contribution in [1.29, 1.82) is 0 Å². The van der Waals surface area contributed by atoms with Crippen molar-refractivity contribution in [3.8, 4) is 0 Å². The lowest BCUT2D eigenvalue weighted by Gasteiger charge is -2.03. The average Bonchev–Trinajstić information content (AvgIpc) is 2.47. The zero-order valence-electron chi connectivity index (χ0n) is 7.45. The van der Waals surface area contributed by atoms with Crippen molar-refractivity contribution >= 4 is 11.8 Å². The number of thioether (sulfide) groups is 1. The molecule has 0 radical (unpaired) electrons. The third-order valence-electron chi connectivity index (χ3n) is 1.66. The minimum Gasteiger partial charge on any atom is -0.330 e. The van der Waals surface area contributed by atoms with E-state index < -0.39 is 0 Å². The van der Waals surface area contributed by atoms with E-state index >= 15 is 0 Å². The molecule has 4 nitrogen and oxygen atoms in total. The minimum absolute atomic E-state index is 0.631. The van der Waals surface area contributed by atoms with E-state index in [2.05, 4.69) is 21.7 Å². The van der Waals surface area contributed by atoms with Gasteiger partial charge in [-0.25, -0.2) is 0 Å². The number of hydrogen-bond donors (Lipinski definition) is 1. The SMILES string of the molecule is CCn1c(CCN)nnc1SC. The van der Waals surface area contributed by atoms with E-state index in [9.17, 15) is 0 Å². The molecule has 0 bridgehead atoms. The Kier molecular flexibility index (Phi) is 3.55. The zero-order valence-corrected chi connectivity index (χ0v) is 8.27. The second-order valence-corrected chi connectivity index (χ2v) is 3.16. The second-order valence-electron chi connectivity index (χ2n) is 2.39. The number of aromatic nitrogens is 3. The first kappa shape index (κ1) is 9.54. The molecule has 5 heteroatoms. The molecule has 68 valence electrons. The normalized spacial score (nSPS) is 10.6. The Bertz CT molecular complexity index is 246. The second kappa shape index (κ2) is 4.47. The van der Waals surface area contributed by atoms with Crippen molar-refractivity contribution in [1.82, 2.24) is 14.8 Å². The fourth-order valence-corrected chi connectivity index (χ4v) is 1.68. The summed E-state index contributed by atoms with van der Waals surface area (Å²) in [5, 5.41) is 9.08. The fourth-order valence-electron chi connectivity index (χ4n) is 1.10. The molecule has 1 aromatic heterocycles. The molecule has 1 heterocycles. The highest BCUT2D eigenvalue weighted by atomic mass is 32.2.